The number of carbonyl (C=O) groups excluding carboxylic acids is 4. The van der Waals surface area contributed by atoms with Crippen LogP contribution in [0.2, 0.25) is 0 Å². The van der Waals surface area contributed by atoms with Gasteiger partial charge in [0, 0.05) is 61.4 Å². The second kappa shape index (κ2) is 23.5. The molecule has 0 aliphatic rings. The molecule has 3 unspecified atom stereocenters. The molecule has 0 aliphatic carbocycles. The smallest absolute Gasteiger partial charge is 0.327 e. The summed E-state index contributed by atoms with van der Waals surface area (Å²) >= 11 is 1.03. The van der Waals surface area contributed by atoms with Gasteiger partial charge in [0.25, 0.3) is 0 Å². The van der Waals surface area contributed by atoms with Crippen molar-refractivity contribution in [1.29, 1.82) is 0 Å². The van der Waals surface area contributed by atoms with Crippen molar-refractivity contribution in [3.8, 4) is 11.1 Å². The summed E-state index contributed by atoms with van der Waals surface area (Å²) in [7, 11) is 0. The van der Waals surface area contributed by atoms with Gasteiger partial charge in [0.1, 0.15) is 17.7 Å². The van der Waals surface area contributed by atoms with E-state index in [1.807, 2.05) is 62.6 Å². The van der Waals surface area contributed by atoms with Gasteiger partial charge in [-0.25, -0.2) is 13.6 Å². The van der Waals surface area contributed by atoms with E-state index < -0.39 is 58.9 Å². The van der Waals surface area contributed by atoms with Crippen molar-refractivity contribution in [2.75, 3.05) is 51.0 Å². The highest BCUT2D eigenvalue weighted by Gasteiger charge is 2.37. The third kappa shape index (κ3) is 15.5. The standard InChI is InChI=1S/C41H56F2N6O8S/c1-5-56-18-19-57-17-14-36(51)47-33(40(54)55)25-58-26-37(52)49(16-9-15-46-39(53)32(44)22-35(45)50)38(41(2,3)4)34-20-28(30-21-29(42)12-13-31(30)43)24-48(34)23-27-10-7-6-8-11-27/h6-8,10-13,20-21,24,32-33,38H,5,9,14-19,22-23,25-26,44H2,1-4H3,(H2,45,50)(H,46,53)(H,47,51)(H,54,55). The normalized spacial score (nSPS) is 13.0. The van der Waals surface area contributed by atoms with Crippen LogP contribution in [0.25, 0.3) is 11.1 Å². The zero-order chi connectivity index (χ0) is 42.8. The first-order chi connectivity index (χ1) is 27.5. The Hall–Kier alpha value is -4.84. The molecule has 58 heavy (non-hydrogen) atoms. The highest BCUT2D eigenvalue weighted by Crippen LogP contribution is 2.41. The van der Waals surface area contributed by atoms with E-state index in [1.165, 1.54) is 0 Å². The molecule has 0 bridgehead atoms. The number of amides is 4. The summed E-state index contributed by atoms with van der Waals surface area (Å²) in [5, 5.41) is 15.0. The molecule has 0 saturated heterocycles. The van der Waals surface area contributed by atoms with Crippen LogP contribution in [0.15, 0.2) is 60.8 Å². The molecule has 4 amide bonds. The van der Waals surface area contributed by atoms with Crippen LogP contribution in [0.5, 0.6) is 0 Å². The number of halogens is 2. The van der Waals surface area contributed by atoms with Gasteiger partial charge in [-0.05, 0) is 48.6 Å². The first-order valence-corrected chi connectivity index (χ1v) is 20.2. The second-order valence-corrected chi connectivity index (χ2v) is 15.7. The maximum Gasteiger partial charge on any atom is 0.327 e. The van der Waals surface area contributed by atoms with Crippen LogP contribution in [-0.2, 0) is 40.0 Å². The summed E-state index contributed by atoms with van der Waals surface area (Å²) in [4.78, 5) is 64.5. The van der Waals surface area contributed by atoms with Crippen molar-refractivity contribution in [2.24, 2.45) is 16.9 Å². The number of aliphatic carboxylic acids is 1. The first kappa shape index (κ1) is 47.5. The number of carbonyl (C=O) groups is 5. The Balaban J connectivity index is 1.93. The summed E-state index contributed by atoms with van der Waals surface area (Å²) in [6.45, 7) is 9.48. The summed E-state index contributed by atoms with van der Waals surface area (Å²) in [6.07, 6.45) is 1.57. The average molecular weight is 831 g/mol. The molecule has 0 fully saturated rings. The molecule has 3 atom stereocenters. The number of nitrogens with two attached hydrogens (primary N) is 2. The van der Waals surface area contributed by atoms with E-state index in [0.29, 0.717) is 37.6 Å². The Bertz CT molecular complexity index is 1820. The minimum atomic E-state index is -1.28. The molecule has 17 heteroatoms. The topological polar surface area (TPSA) is 208 Å². The summed E-state index contributed by atoms with van der Waals surface area (Å²) < 4.78 is 42.1. The van der Waals surface area contributed by atoms with Crippen molar-refractivity contribution >= 4 is 41.4 Å². The van der Waals surface area contributed by atoms with E-state index in [1.54, 1.807) is 17.2 Å². The molecule has 2 aromatic carbocycles. The maximum absolute atomic E-state index is 15.2. The van der Waals surface area contributed by atoms with Crippen LogP contribution in [-0.4, -0.2) is 107 Å². The molecular weight excluding hydrogens is 775 g/mol. The number of primary amides is 1. The van der Waals surface area contributed by atoms with Crippen LogP contribution in [0.1, 0.15) is 64.3 Å². The second-order valence-electron chi connectivity index (χ2n) is 14.7. The first-order valence-electron chi connectivity index (χ1n) is 19.1. The van der Waals surface area contributed by atoms with Crippen molar-refractivity contribution in [1.82, 2.24) is 20.1 Å². The third-order valence-electron chi connectivity index (χ3n) is 8.92. The Kier molecular flexibility index (Phi) is 19.3. The number of rotatable bonds is 25. The lowest BCUT2D eigenvalue weighted by atomic mass is 9.83. The number of carboxylic acids is 1. The number of carboxylic acid groups (broad SMARTS) is 1. The van der Waals surface area contributed by atoms with Crippen LogP contribution in [0.4, 0.5) is 8.78 Å². The van der Waals surface area contributed by atoms with E-state index >= 15 is 4.39 Å². The lowest BCUT2D eigenvalue weighted by Crippen LogP contribution is -2.46. The predicted octanol–water partition coefficient (Wildman–Crippen LogP) is 3.85. The van der Waals surface area contributed by atoms with Gasteiger partial charge >= 0.3 is 5.97 Å². The van der Waals surface area contributed by atoms with E-state index in [0.717, 1.165) is 35.5 Å². The van der Waals surface area contributed by atoms with Crippen LogP contribution >= 0.6 is 11.8 Å². The summed E-state index contributed by atoms with van der Waals surface area (Å²) in [6, 6.07) is 11.3. The van der Waals surface area contributed by atoms with Crippen molar-refractivity contribution in [3.63, 3.8) is 0 Å². The molecule has 3 rings (SSSR count). The van der Waals surface area contributed by atoms with Gasteiger partial charge in [-0.3, -0.25) is 19.2 Å². The zero-order valence-electron chi connectivity index (χ0n) is 33.5. The van der Waals surface area contributed by atoms with Gasteiger partial charge in [0.05, 0.1) is 44.1 Å². The highest BCUT2D eigenvalue weighted by molar-refractivity contribution is 8.00. The van der Waals surface area contributed by atoms with Gasteiger partial charge in [-0.15, -0.1) is 11.8 Å². The molecular formula is C41H56F2N6O8S. The number of aromatic nitrogens is 1. The number of nitrogens with zero attached hydrogens (tertiary/aromatic N) is 2. The monoisotopic (exact) mass is 830 g/mol. The fourth-order valence-corrected chi connectivity index (χ4v) is 7.15. The van der Waals surface area contributed by atoms with Gasteiger partial charge in [0.15, 0.2) is 0 Å². The number of benzene rings is 2. The molecule has 14 nitrogen and oxygen atoms in total. The number of ether oxygens (including phenoxy) is 2. The number of hydrogen-bond donors (Lipinski definition) is 5. The predicted molar refractivity (Wildman–Crippen MR) is 217 cm³/mol. The summed E-state index contributed by atoms with van der Waals surface area (Å²) in [5.41, 5.74) is 12.3. The highest BCUT2D eigenvalue weighted by atomic mass is 32.2. The molecule has 1 heterocycles. The quantitative estimate of drug-likeness (QED) is 0.0780. The van der Waals surface area contributed by atoms with Crippen molar-refractivity contribution < 1.29 is 47.3 Å². The molecule has 0 spiro atoms. The van der Waals surface area contributed by atoms with E-state index in [2.05, 4.69) is 10.6 Å². The molecule has 3 aromatic rings. The van der Waals surface area contributed by atoms with Crippen LogP contribution in [0, 0.1) is 17.0 Å². The molecule has 0 radical (unpaired) electrons. The lowest BCUT2D eigenvalue weighted by molar-refractivity contribution is -0.141. The molecule has 318 valence electrons. The molecule has 0 saturated carbocycles. The zero-order valence-corrected chi connectivity index (χ0v) is 34.3. The lowest BCUT2D eigenvalue weighted by Gasteiger charge is -2.41. The Labute approximate surface area is 342 Å². The SMILES string of the molecule is CCOCCOCCC(=O)NC(CSCC(=O)N(CCCNC(=O)C(N)CC(N)=O)C(c1cc(-c2cc(F)ccc2F)cn1Cc1ccccc1)C(C)(C)C)C(=O)O. The Morgan fingerprint density at radius 1 is 1.00 bits per heavy atom. The minimum Gasteiger partial charge on any atom is -0.480 e. The fraction of sp³-hybridized carbons (Fsp3) is 0.488. The number of thioether (sulfide) groups is 1. The average Bonchev–Trinajstić information content (AvgIpc) is 3.56. The number of hydrogen-bond acceptors (Lipinski definition) is 9. The minimum absolute atomic E-state index is 0.0444. The fourth-order valence-electron chi connectivity index (χ4n) is 6.23. The van der Waals surface area contributed by atoms with Crippen molar-refractivity contribution in [3.05, 3.63) is 83.7 Å². The molecule has 7 N–H and O–H groups in total. The Morgan fingerprint density at radius 2 is 1.71 bits per heavy atom. The Morgan fingerprint density at radius 3 is 2.36 bits per heavy atom. The van der Waals surface area contributed by atoms with Gasteiger partial charge < -0.3 is 46.1 Å². The van der Waals surface area contributed by atoms with Crippen LogP contribution < -0.4 is 22.1 Å². The molecule has 1 aromatic heterocycles. The number of nitrogens with one attached hydrogen (secondary N) is 2. The molecule has 0 aliphatic heterocycles. The van der Waals surface area contributed by atoms with Gasteiger partial charge in [-0.1, -0.05) is 51.1 Å². The van der Waals surface area contributed by atoms with Crippen LogP contribution in [0.3, 0.4) is 0 Å². The van der Waals surface area contributed by atoms with E-state index in [-0.39, 0.29) is 61.9 Å². The van der Waals surface area contributed by atoms with Gasteiger partial charge in [-0.2, -0.15) is 0 Å². The largest absolute Gasteiger partial charge is 0.480 e. The van der Waals surface area contributed by atoms with E-state index in [9.17, 15) is 33.5 Å². The van der Waals surface area contributed by atoms with Gasteiger partial charge in [0.2, 0.25) is 23.6 Å². The van der Waals surface area contributed by atoms with E-state index in [4.69, 9.17) is 20.9 Å². The van der Waals surface area contributed by atoms with Crippen molar-refractivity contribution in [2.45, 2.75) is 71.6 Å². The third-order valence-corrected chi connectivity index (χ3v) is 9.94. The maximum atomic E-state index is 15.2. The summed E-state index contributed by atoms with van der Waals surface area (Å²) in [5.74, 6) is -5.00.